The monoisotopic (exact) mass is 341 g/mol. The van der Waals surface area contributed by atoms with Gasteiger partial charge in [-0.3, -0.25) is 4.79 Å². The lowest BCUT2D eigenvalue weighted by atomic mass is 9.96. The van der Waals surface area contributed by atoms with Crippen LogP contribution in [0.25, 0.3) is 5.57 Å². The van der Waals surface area contributed by atoms with E-state index < -0.39 is 17.6 Å². The van der Waals surface area contributed by atoms with E-state index in [2.05, 4.69) is 0 Å². The Bertz CT molecular complexity index is 633. The maximum Gasteiger partial charge on any atom is 0.416 e. The van der Waals surface area contributed by atoms with Crippen LogP contribution in [0.15, 0.2) is 30.0 Å². The van der Waals surface area contributed by atoms with Crippen LogP contribution >= 0.6 is 0 Å². The summed E-state index contributed by atoms with van der Waals surface area (Å²) in [7, 11) is 0. The molecule has 0 radical (unpaired) electrons. The van der Waals surface area contributed by atoms with Crippen LogP contribution in [-0.2, 0) is 11.0 Å². The standard InChI is InChI=1S/C18H22F3NO2/c1-4-14-15(12-5-7-13(8-6-12)18(19,20)21)16(23)17(24)22(14)10-9-11(2)3/h5-8,11,14,23H,4,9-10H2,1-3H3. The Kier molecular flexibility index (Phi) is 5.26. The van der Waals surface area contributed by atoms with Gasteiger partial charge in [0.25, 0.3) is 5.91 Å². The number of amides is 1. The van der Waals surface area contributed by atoms with Crippen molar-refractivity contribution in [3.05, 3.63) is 41.2 Å². The zero-order chi connectivity index (χ0) is 18.1. The zero-order valence-corrected chi connectivity index (χ0v) is 14.0. The molecule has 1 unspecified atom stereocenters. The van der Waals surface area contributed by atoms with Gasteiger partial charge in [0.15, 0.2) is 5.76 Å². The van der Waals surface area contributed by atoms with E-state index in [1.54, 1.807) is 4.90 Å². The molecule has 1 aliphatic heterocycles. The van der Waals surface area contributed by atoms with Gasteiger partial charge in [-0.2, -0.15) is 13.2 Å². The maximum atomic E-state index is 12.7. The largest absolute Gasteiger partial charge is 0.503 e. The fourth-order valence-electron chi connectivity index (χ4n) is 2.95. The number of hydrogen-bond acceptors (Lipinski definition) is 2. The molecule has 0 aliphatic carbocycles. The quantitative estimate of drug-likeness (QED) is 0.847. The van der Waals surface area contributed by atoms with E-state index in [0.29, 0.717) is 30.0 Å². The number of rotatable bonds is 5. The van der Waals surface area contributed by atoms with Crippen LogP contribution in [-0.4, -0.2) is 28.5 Å². The van der Waals surface area contributed by atoms with Crippen molar-refractivity contribution in [1.29, 1.82) is 0 Å². The second kappa shape index (κ2) is 6.87. The smallest absolute Gasteiger partial charge is 0.416 e. The molecule has 1 aromatic rings. The van der Waals surface area contributed by atoms with Crippen LogP contribution < -0.4 is 0 Å². The van der Waals surface area contributed by atoms with Gasteiger partial charge in [-0.1, -0.05) is 32.9 Å². The fraction of sp³-hybridized carbons (Fsp3) is 0.500. The summed E-state index contributed by atoms with van der Waals surface area (Å²) in [5.41, 5.74) is 0.119. The van der Waals surface area contributed by atoms with Gasteiger partial charge < -0.3 is 10.0 Å². The van der Waals surface area contributed by atoms with E-state index in [4.69, 9.17) is 0 Å². The van der Waals surface area contributed by atoms with Gasteiger partial charge in [0, 0.05) is 12.1 Å². The molecule has 1 aliphatic rings. The molecular formula is C18H22F3NO2. The Hall–Kier alpha value is -1.98. The lowest BCUT2D eigenvalue weighted by molar-refractivity contribution is -0.137. The third-order valence-electron chi connectivity index (χ3n) is 4.29. The molecule has 0 aromatic heterocycles. The summed E-state index contributed by atoms with van der Waals surface area (Å²) < 4.78 is 38.1. The Morgan fingerprint density at radius 3 is 2.25 bits per heavy atom. The Labute approximate surface area is 139 Å². The SMILES string of the molecule is CCC1C(c2ccc(C(F)(F)F)cc2)=C(O)C(=O)N1CCC(C)C. The molecule has 3 nitrogen and oxygen atoms in total. The van der Waals surface area contributed by atoms with Crippen LogP contribution in [0.3, 0.4) is 0 Å². The summed E-state index contributed by atoms with van der Waals surface area (Å²) in [6.45, 7) is 6.50. The molecular weight excluding hydrogens is 319 g/mol. The summed E-state index contributed by atoms with van der Waals surface area (Å²) in [5.74, 6) is -0.393. The first-order valence-corrected chi connectivity index (χ1v) is 8.08. The molecule has 1 atom stereocenters. The van der Waals surface area contributed by atoms with Crippen LogP contribution in [0.1, 0.15) is 44.7 Å². The molecule has 0 fully saturated rings. The maximum absolute atomic E-state index is 12.7. The molecule has 1 aromatic carbocycles. The molecule has 2 rings (SSSR count). The number of carbonyl (C=O) groups excluding carboxylic acids is 1. The minimum Gasteiger partial charge on any atom is -0.503 e. The number of benzene rings is 1. The highest BCUT2D eigenvalue weighted by atomic mass is 19.4. The van der Waals surface area contributed by atoms with Crippen molar-refractivity contribution in [1.82, 2.24) is 4.90 Å². The third-order valence-corrected chi connectivity index (χ3v) is 4.29. The topological polar surface area (TPSA) is 40.5 Å². The van der Waals surface area contributed by atoms with Gasteiger partial charge in [0.1, 0.15) is 0 Å². The van der Waals surface area contributed by atoms with Crippen LogP contribution in [0.4, 0.5) is 13.2 Å². The van der Waals surface area contributed by atoms with Gasteiger partial charge in [0.2, 0.25) is 0 Å². The van der Waals surface area contributed by atoms with Gasteiger partial charge in [-0.05, 0) is 36.5 Å². The number of aliphatic hydroxyl groups is 1. The number of carbonyl (C=O) groups is 1. The highest BCUT2D eigenvalue weighted by Crippen LogP contribution is 2.36. The lowest BCUT2D eigenvalue weighted by Gasteiger charge is -2.26. The summed E-state index contributed by atoms with van der Waals surface area (Å²) in [5, 5.41) is 10.2. The van der Waals surface area contributed by atoms with Gasteiger partial charge >= 0.3 is 6.18 Å². The minimum absolute atomic E-state index is 0.312. The third kappa shape index (κ3) is 3.57. The summed E-state index contributed by atoms with van der Waals surface area (Å²) in [4.78, 5) is 13.9. The molecule has 0 saturated carbocycles. The summed E-state index contributed by atoms with van der Waals surface area (Å²) in [6.07, 6.45) is -3.02. The second-order valence-electron chi connectivity index (χ2n) is 6.44. The number of nitrogens with zero attached hydrogens (tertiary/aromatic N) is 1. The molecule has 24 heavy (non-hydrogen) atoms. The molecule has 6 heteroatoms. The Balaban J connectivity index is 2.32. The fourth-order valence-corrected chi connectivity index (χ4v) is 2.95. The van der Waals surface area contributed by atoms with Gasteiger partial charge in [-0.25, -0.2) is 0 Å². The van der Waals surface area contributed by atoms with E-state index in [9.17, 15) is 23.1 Å². The average molecular weight is 341 g/mol. The molecule has 0 bridgehead atoms. The molecule has 132 valence electrons. The van der Waals surface area contributed by atoms with Crippen LogP contribution in [0.5, 0.6) is 0 Å². The molecule has 1 amide bonds. The summed E-state index contributed by atoms with van der Waals surface area (Å²) in [6, 6.07) is 4.27. The van der Waals surface area contributed by atoms with Crippen LogP contribution in [0.2, 0.25) is 0 Å². The van der Waals surface area contributed by atoms with Gasteiger partial charge in [0.05, 0.1) is 11.6 Å². The number of halogens is 3. The van der Waals surface area contributed by atoms with Crippen LogP contribution in [0, 0.1) is 5.92 Å². The van der Waals surface area contributed by atoms with Crippen molar-refractivity contribution in [2.24, 2.45) is 5.92 Å². The van der Waals surface area contributed by atoms with Gasteiger partial charge in [-0.15, -0.1) is 0 Å². The van der Waals surface area contributed by atoms with E-state index in [-0.39, 0.29) is 11.8 Å². The predicted octanol–water partition coefficient (Wildman–Crippen LogP) is 4.64. The number of hydrogen-bond donors (Lipinski definition) is 1. The average Bonchev–Trinajstić information content (AvgIpc) is 2.75. The van der Waals surface area contributed by atoms with E-state index in [1.165, 1.54) is 12.1 Å². The Morgan fingerprint density at radius 1 is 1.21 bits per heavy atom. The second-order valence-corrected chi connectivity index (χ2v) is 6.44. The van der Waals surface area contributed by atoms with E-state index in [0.717, 1.165) is 18.6 Å². The zero-order valence-electron chi connectivity index (χ0n) is 14.0. The molecule has 1 N–H and O–H groups in total. The first-order chi connectivity index (χ1) is 11.2. The van der Waals surface area contributed by atoms with E-state index >= 15 is 0 Å². The molecule has 0 spiro atoms. The van der Waals surface area contributed by atoms with Crippen molar-refractivity contribution in [2.45, 2.75) is 45.8 Å². The molecule has 1 heterocycles. The van der Waals surface area contributed by atoms with E-state index in [1.807, 2.05) is 20.8 Å². The van der Waals surface area contributed by atoms with Crippen molar-refractivity contribution in [2.75, 3.05) is 6.54 Å². The van der Waals surface area contributed by atoms with Crippen molar-refractivity contribution in [3.8, 4) is 0 Å². The normalized spacial score (nSPS) is 18.9. The predicted molar refractivity (Wildman–Crippen MR) is 86.2 cm³/mol. The highest BCUT2D eigenvalue weighted by molar-refractivity contribution is 6.05. The first kappa shape index (κ1) is 18.4. The van der Waals surface area contributed by atoms with Crippen molar-refractivity contribution < 1.29 is 23.1 Å². The molecule has 0 saturated heterocycles. The number of alkyl halides is 3. The number of aliphatic hydroxyl groups excluding tert-OH is 1. The highest BCUT2D eigenvalue weighted by Gasteiger charge is 2.39. The lowest BCUT2D eigenvalue weighted by Crippen LogP contribution is -2.36. The van der Waals surface area contributed by atoms with Crippen molar-refractivity contribution >= 4 is 11.5 Å². The Morgan fingerprint density at radius 2 is 1.79 bits per heavy atom. The first-order valence-electron chi connectivity index (χ1n) is 8.08. The minimum atomic E-state index is -4.41. The van der Waals surface area contributed by atoms with Crippen molar-refractivity contribution in [3.63, 3.8) is 0 Å². The summed E-state index contributed by atoms with van der Waals surface area (Å²) >= 11 is 0.